The van der Waals surface area contributed by atoms with Crippen LogP contribution in [0.4, 0.5) is 8.78 Å². The van der Waals surface area contributed by atoms with E-state index in [1.165, 1.54) is 33.4 Å². The fourth-order valence-corrected chi connectivity index (χ4v) is 4.89. The average Bonchev–Trinajstić information content (AvgIpc) is 3.42. The van der Waals surface area contributed by atoms with E-state index in [1.54, 1.807) is 25.5 Å². The van der Waals surface area contributed by atoms with Gasteiger partial charge in [0.15, 0.2) is 11.6 Å². The highest BCUT2D eigenvalue weighted by Crippen LogP contribution is 2.42. The number of aryl methyl sites for hydroxylation is 1. The van der Waals surface area contributed by atoms with Crippen molar-refractivity contribution in [3.05, 3.63) is 81.0 Å². The van der Waals surface area contributed by atoms with Gasteiger partial charge in [-0.3, -0.25) is 9.47 Å². The van der Waals surface area contributed by atoms with Crippen LogP contribution in [0.2, 0.25) is 5.02 Å². The Labute approximate surface area is 188 Å². The Morgan fingerprint density at radius 1 is 1.16 bits per heavy atom. The van der Waals surface area contributed by atoms with Gasteiger partial charge in [-0.1, -0.05) is 11.6 Å². The first-order chi connectivity index (χ1) is 15.3. The van der Waals surface area contributed by atoms with Gasteiger partial charge in [0.05, 0.1) is 17.8 Å². The Morgan fingerprint density at radius 3 is 2.66 bits per heavy atom. The second-order valence-corrected chi connectivity index (χ2v) is 8.82. The molecule has 2 aromatic carbocycles. The molecule has 0 saturated carbocycles. The highest BCUT2D eigenvalue weighted by atomic mass is 35.5. The van der Waals surface area contributed by atoms with Crippen LogP contribution >= 0.6 is 11.6 Å². The molecule has 1 saturated heterocycles. The molecule has 1 N–H and O–H groups in total. The van der Waals surface area contributed by atoms with Crippen LogP contribution in [0.1, 0.15) is 23.7 Å². The van der Waals surface area contributed by atoms with Crippen molar-refractivity contribution >= 4 is 11.6 Å². The van der Waals surface area contributed by atoms with Crippen molar-refractivity contribution < 1.29 is 18.6 Å². The maximum Gasteiger partial charge on any atom is 0.332 e. The minimum Gasteiger partial charge on any atom is -0.481 e. The molecule has 168 valence electrons. The summed E-state index contributed by atoms with van der Waals surface area (Å²) in [4.78, 5) is 14.4. The lowest BCUT2D eigenvalue weighted by Crippen LogP contribution is -2.39. The largest absolute Gasteiger partial charge is 0.481 e. The fourth-order valence-electron chi connectivity index (χ4n) is 4.68. The predicted molar refractivity (Wildman–Crippen MR) is 115 cm³/mol. The van der Waals surface area contributed by atoms with Crippen molar-refractivity contribution in [1.29, 1.82) is 0 Å². The molecule has 6 nitrogen and oxygen atoms in total. The van der Waals surface area contributed by atoms with Crippen molar-refractivity contribution in [2.45, 2.75) is 31.1 Å². The molecule has 0 bridgehead atoms. The number of β-amino-alcohol motifs (C(OH)–C–C–N with tert-alkyl or cyclic N) is 1. The Morgan fingerprint density at radius 2 is 1.97 bits per heavy atom. The number of aliphatic hydroxyl groups excluding tert-OH is 1. The molecular formula is C23H22ClF2N3O3. The molecule has 0 spiro atoms. The summed E-state index contributed by atoms with van der Waals surface area (Å²) in [5, 5.41) is 10.3. The van der Waals surface area contributed by atoms with Crippen molar-refractivity contribution in [3.63, 3.8) is 0 Å². The third-order valence-electron chi connectivity index (χ3n) is 6.32. The van der Waals surface area contributed by atoms with Gasteiger partial charge in [-0.25, -0.2) is 13.6 Å². The number of hydrogen-bond acceptors (Lipinski definition) is 4. The molecule has 32 heavy (non-hydrogen) atoms. The van der Waals surface area contributed by atoms with E-state index in [4.69, 9.17) is 16.3 Å². The van der Waals surface area contributed by atoms with Crippen LogP contribution in [0.15, 0.2) is 47.5 Å². The molecule has 1 aromatic heterocycles. The van der Waals surface area contributed by atoms with E-state index in [0.29, 0.717) is 42.7 Å². The number of ether oxygens (including phenoxy) is 1. The quantitative estimate of drug-likeness (QED) is 0.648. The van der Waals surface area contributed by atoms with Gasteiger partial charge in [0.25, 0.3) is 0 Å². The van der Waals surface area contributed by atoms with Gasteiger partial charge in [0, 0.05) is 49.2 Å². The Kier molecular flexibility index (Phi) is 5.31. The number of hydrogen-bond donors (Lipinski definition) is 1. The highest BCUT2D eigenvalue weighted by Gasteiger charge is 2.42. The molecule has 0 amide bonds. The number of halogens is 3. The molecule has 0 radical (unpaired) electrons. The van der Waals surface area contributed by atoms with Crippen LogP contribution in [-0.2, 0) is 13.5 Å². The Balaban J connectivity index is 1.54. The molecule has 9 heteroatoms. The van der Waals surface area contributed by atoms with Gasteiger partial charge < -0.3 is 14.4 Å². The molecule has 2 heterocycles. The molecule has 1 aliphatic heterocycles. The summed E-state index contributed by atoms with van der Waals surface area (Å²) in [6.45, 7) is 1.08. The molecule has 2 aliphatic rings. The number of benzene rings is 2. The zero-order chi connectivity index (χ0) is 22.6. The van der Waals surface area contributed by atoms with Crippen molar-refractivity contribution in [3.8, 4) is 11.4 Å². The summed E-state index contributed by atoms with van der Waals surface area (Å²) in [6, 6.07) is 6.84. The molecule has 5 rings (SSSR count). The SMILES string of the molecule is Cn1ccn(-c2ccc(F)c(O[C@H]3c4cc(Cl)cc(F)c4C[C@@H]3N3CC[C@@H](O)C3)c2)c1=O. The standard InChI is InChI=1S/C23H22ClF2N3O3/c1-27-6-7-29(23(27)31)14-2-3-18(25)21(10-14)32-22-17-8-13(24)9-19(26)16(17)11-20(22)28-5-4-15(30)12-28/h2-3,6-10,15,20,22,30H,4-5,11-12H2,1H3/t15-,20+,22+/m1/s1. The van der Waals surface area contributed by atoms with E-state index in [2.05, 4.69) is 0 Å². The number of nitrogens with zero attached hydrogens (tertiary/aromatic N) is 3. The minimum absolute atomic E-state index is 0.0405. The minimum atomic E-state index is -0.680. The number of aromatic nitrogens is 2. The van der Waals surface area contributed by atoms with Crippen LogP contribution in [-0.4, -0.2) is 44.4 Å². The van der Waals surface area contributed by atoms with Crippen LogP contribution in [0.25, 0.3) is 5.69 Å². The molecule has 1 aliphatic carbocycles. The average molecular weight is 462 g/mol. The Bertz CT molecular complexity index is 1240. The first kappa shape index (κ1) is 21.2. The summed E-state index contributed by atoms with van der Waals surface area (Å²) in [6.07, 6.45) is 3.05. The summed E-state index contributed by atoms with van der Waals surface area (Å²) in [7, 11) is 1.63. The van der Waals surface area contributed by atoms with Gasteiger partial charge in [-0.15, -0.1) is 0 Å². The Hall–Kier alpha value is -2.68. The number of likely N-dealkylation sites (tertiary alicyclic amines) is 1. The van der Waals surface area contributed by atoms with Gasteiger partial charge in [-0.2, -0.15) is 0 Å². The maximum absolute atomic E-state index is 14.8. The van der Waals surface area contributed by atoms with E-state index >= 15 is 0 Å². The van der Waals surface area contributed by atoms with Crippen LogP contribution < -0.4 is 10.4 Å². The lowest BCUT2D eigenvalue weighted by Gasteiger charge is -2.30. The molecule has 3 atom stereocenters. The second-order valence-electron chi connectivity index (χ2n) is 8.38. The van der Waals surface area contributed by atoms with E-state index in [1.807, 2.05) is 4.90 Å². The number of aliphatic hydroxyl groups is 1. The van der Waals surface area contributed by atoms with Gasteiger partial charge in [0.1, 0.15) is 11.9 Å². The number of rotatable bonds is 4. The normalized spacial score (nSPS) is 23.0. The molecule has 0 unspecified atom stereocenters. The fraction of sp³-hybridized carbons (Fsp3) is 0.348. The first-order valence-corrected chi connectivity index (χ1v) is 10.8. The van der Waals surface area contributed by atoms with E-state index in [9.17, 15) is 18.7 Å². The molecular weight excluding hydrogens is 440 g/mol. The summed E-state index contributed by atoms with van der Waals surface area (Å²) in [5.41, 5.74) is 1.24. The van der Waals surface area contributed by atoms with E-state index in [-0.39, 0.29) is 22.5 Å². The zero-order valence-electron chi connectivity index (χ0n) is 17.3. The van der Waals surface area contributed by atoms with Crippen LogP contribution in [0.5, 0.6) is 5.75 Å². The van der Waals surface area contributed by atoms with Crippen molar-refractivity contribution in [1.82, 2.24) is 14.0 Å². The molecule has 3 aromatic rings. The highest BCUT2D eigenvalue weighted by molar-refractivity contribution is 6.30. The predicted octanol–water partition coefficient (Wildman–Crippen LogP) is 3.22. The number of fused-ring (bicyclic) bond motifs is 1. The smallest absolute Gasteiger partial charge is 0.332 e. The van der Waals surface area contributed by atoms with E-state index < -0.39 is 23.8 Å². The van der Waals surface area contributed by atoms with Gasteiger partial charge >= 0.3 is 5.69 Å². The monoisotopic (exact) mass is 461 g/mol. The van der Waals surface area contributed by atoms with E-state index in [0.717, 1.165) is 0 Å². The maximum atomic E-state index is 14.8. The van der Waals surface area contributed by atoms with Crippen molar-refractivity contribution in [2.75, 3.05) is 13.1 Å². The second kappa shape index (κ2) is 8.03. The summed E-state index contributed by atoms with van der Waals surface area (Å²) in [5.74, 6) is -1.05. The summed E-state index contributed by atoms with van der Waals surface area (Å²) < 4.78 is 38.4. The van der Waals surface area contributed by atoms with Crippen molar-refractivity contribution in [2.24, 2.45) is 7.05 Å². The van der Waals surface area contributed by atoms with Gasteiger partial charge in [0.2, 0.25) is 0 Å². The lowest BCUT2D eigenvalue weighted by molar-refractivity contribution is 0.0790. The van der Waals surface area contributed by atoms with Crippen LogP contribution in [0.3, 0.4) is 0 Å². The van der Waals surface area contributed by atoms with Crippen LogP contribution in [0, 0.1) is 11.6 Å². The summed E-state index contributed by atoms with van der Waals surface area (Å²) >= 11 is 6.12. The first-order valence-electron chi connectivity index (χ1n) is 10.4. The zero-order valence-corrected chi connectivity index (χ0v) is 18.1. The van der Waals surface area contributed by atoms with Gasteiger partial charge in [-0.05, 0) is 42.7 Å². The third-order valence-corrected chi connectivity index (χ3v) is 6.54. The lowest BCUT2D eigenvalue weighted by atomic mass is 10.1. The third kappa shape index (κ3) is 3.62. The topological polar surface area (TPSA) is 59.6 Å². The molecule has 1 fully saturated rings. The number of imidazole rings is 1.